The first-order valence-electron chi connectivity index (χ1n) is 7.81. The first kappa shape index (κ1) is 20.7. The van der Waals surface area contributed by atoms with E-state index in [1.807, 2.05) is 6.92 Å². The summed E-state index contributed by atoms with van der Waals surface area (Å²) in [5.74, 6) is 1.18. The zero-order chi connectivity index (χ0) is 17.4. The number of hydrogen-bond donors (Lipinski definition) is 1. The van der Waals surface area contributed by atoms with E-state index in [-0.39, 0.29) is 17.1 Å². The number of allylic oxidation sites excluding steroid dienone is 1. The number of ether oxygens (including phenoxy) is 2. The highest BCUT2D eigenvalue weighted by Crippen LogP contribution is 2.15. The number of aliphatic imine (C=N–C) groups is 1. The molecule has 0 saturated heterocycles. The Morgan fingerprint density at radius 1 is 1.18 bits per heavy atom. The van der Waals surface area contributed by atoms with Crippen LogP contribution in [0.3, 0.4) is 0 Å². The molecule has 0 fully saturated rings. The smallest absolute Gasteiger partial charge is 0.208 e. The third-order valence-corrected chi connectivity index (χ3v) is 2.56. The van der Waals surface area contributed by atoms with Gasteiger partial charge >= 0.3 is 0 Å². The summed E-state index contributed by atoms with van der Waals surface area (Å²) in [4.78, 5) is 4.14. The van der Waals surface area contributed by atoms with Crippen LogP contribution in [0.5, 0.6) is 0 Å². The van der Waals surface area contributed by atoms with Gasteiger partial charge in [0.05, 0.1) is 6.61 Å². The van der Waals surface area contributed by atoms with Crippen molar-refractivity contribution in [3.63, 3.8) is 0 Å². The van der Waals surface area contributed by atoms with Crippen LogP contribution in [0.1, 0.15) is 48.5 Å². The standard InChI is InChI=1S/C18H34N2O2/c1-14(21-13-17(3,4)5)10-11-16(19-9)22-15(2)12-20-18(6,7)8/h10-11,15,20H,1,12-13H2,2-9H3/b11-10-,19-16?/t15-/m1/s1. The van der Waals surface area contributed by atoms with Gasteiger partial charge in [-0.1, -0.05) is 27.4 Å². The van der Waals surface area contributed by atoms with E-state index in [1.54, 1.807) is 19.2 Å². The van der Waals surface area contributed by atoms with Crippen molar-refractivity contribution in [2.24, 2.45) is 10.4 Å². The fourth-order valence-electron chi connectivity index (χ4n) is 1.39. The predicted molar refractivity (Wildman–Crippen MR) is 95.3 cm³/mol. The molecule has 0 aromatic rings. The molecule has 0 rings (SSSR count). The summed E-state index contributed by atoms with van der Waals surface area (Å²) < 4.78 is 11.4. The largest absolute Gasteiger partial charge is 0.494 e. The second-order valence-corrected chi connectivity index (χ2v) is 7.77. The molecule has 0 aromatic carbocycles. The lowest BCUT2D eigenvalue weighted by atomic mass is 9.99. The highest BCUT2D eigenvalue weighted by atomic mass is 16.5. The van der Waals surface area contributed by atoms with Crippen LogP contribution in [-0.2, 0) is 9.47 Å². The van der Waals surface area contributed by atoms with Crippen LogP contribution in [0, 0.1) is 5.41 Å². The Kier molecular flexibility index (Phi) is 8.46. The highest BCUT2D eigenvalue weighted by molar-refractivity contribution is 5.88. The molecule has 0 heterocycles. The van der Waals surface area contributed by atoms with Crippen LogP contribution in [0.4, 0.5) is 0 Å². The first-order valence-corrected chi connectivity index (χ1v) is 7.81. The summed E-state index contributed by atoms with van der Waals surface area (Å²) in [5, 5.41) is 3.41. The molecule has 4 nitrogen and oxygen atoms in total. The zero-order valence-electron chi connectivity index (χ0n) is 15.6. The minimum atomic E-state index is 0.0336. The molecular weight excluding hydrogens is 276 g/mol. The second kappa shape index (κ2) is 8.99. The molecule has 0 aliphatic heterocycles. The molecule has 128 valence electrons. The van der Waals surface area contributed by atoms with E-state index in [0.29, 0.717) is 18.3 Å². The molecule has 0 saturated carbocycles. The van der Waals surface area contributed by atoms with Crippen molar-refractivity contribution in [2.75, 3.05) is 20.2 Å². The number of rotatable bonds is 7. The van der Waals surface area contributed by atoms with Gasteiger partial charge in [-0.15, -0.1) is 0 Å². The Hall–Kier alpha value is -1.29. The summed E-state index contributed by atoms with van der Waals surface area (Å²) in [6.07, 6.45) is 3.61. The normalized spacial score (nSPS) is 15.0. The molecule has 1 atom stereocenters. The van der Waals surface area contributed by atoms with Crippen molar-refractivity contribution in [3.8, 4) is 0 Å². The van der Waals surface area contributed by atoms with E-state index in [0.717, 1.165) is 6.54 Å². The van der Waals surface area contributed by atoms with E-state index in [9.17, 15) is 0 Å². The topological polar surface area (TPSA) is 42.8 Å². The maximum Gasteiger partial charge on any atom is 0.208 e. The van der Waals surface area contributed by atoms with Gasteiger partial charge in [-0.2, -0.15) is 0 Å². The lowest BCUT2D eigenvalue weighted by Crippen LogP contribution is -2.41. The van der Waals surface area contributed by atoms with Crippen LogP contribution in [0.25, 0.3) is 0 Å². The first-order chi connectivity index (χ1) is 9.93. The second-order valence-electron chi connectivity index (χ2n) is 7.77. The minimum Gasteiger partial charge on any atom is -0.494 e. The van der Waals surface area contributed by atoms with E-state index in [4.69, 9.17) is 9.47 Å². The molecule has 4 heteroatoms. The van der Waals surface area contributed by atoms with Gasteiger partial charge < -0.3 is 14.8 Å². The number of nitrogens with zero attached hydrogens (tertiary/aromatic N) is 1. The van der Waals surface area contributed by atoms with Gasteiger partial charge in [0, 0.05) is 25.2 Å². The maximum absolute atomic E-state index is 5.79. The molecule has 1 N–H and O–H groups in total. The lowest BCUT2D eigenvalue weighted by Gasteiger charge is -2.23. The molecule has 0 radical (unpaired) electrons. The van der Waals surface area contributed by atoms with Gasteiger partial charge in [-0.3, -0.25) is 4.99 Å². The van der Waals surface area contributed by atoms with E-state index in [2.05, 4.69) is 58.4 Å². The minimum absolute atomic E-state index is 0.0336. The molecule has 0 aliphatic rings. The van der Waals surface area contributed by atoms with E-state index >= 15 is 0 Å². The Morgan fingerprint density at radius 3 is 2.23 bits per heavy atom. The van der Waals surface area contributed by atoms with Gasteiger partial charge in [0.2, 0.25) is 5.90 Å². The van der Waals surface area contributed by atoms with E-state index in [1.165, 1.54) is 0 Å². The third-order valence-electron chi connectivity index (χ3n) is 2.56. The fraction of sp³-hybridized carbons (Fsp3) is 0.722. The van der Waals surface area contributed by atoms with Gasteiger partial charge in [0.25, 0.3) is 0 Å². The van der Waals surface area contributed by atoms with Crippen LogP contribution in [-0.4, -0.2) is 37.7 Å². The monoisotopic (exact) mass is 310 g/mol. The van der Waals surface area contributed by atoms with Crippen molar-refractivity contribution in [2.45, 2.75) is 60.1 Å². The molecule has 22 heavy (non-hydrogen) atoms. The van der Waals surface area contributed by atoms with Crippen molar-refractivity contribution in [1.82, 2.24) is 5.32 Å². The zero-order valence-corrected chi connectivity index (χ0v) is 15.6. The Morgan fingerprint density at radius 2 is 1.77 bits per heavy atom. The average molecular weight is 310 g/mol. The van der Waals surface area contributed by atoms with Crippen LogP contribution in [0.2, 0.25) is 0 Å². The lowest BCUT2D eigenvalue weighted by molar-refractivity contribution is 0.136. The molecule has 0 amide bonds. The number of hydrogen-bond acceptors (Lipinski definition) is 4. The molecule has 0 aromatic heterocycles. The van der Waals surface area contributed by atoms with Gasteiger partial charge in [-0.05, 0) is 39.2 Å². The van der Waals surface area contributed by atoms with Crippen molar-refractivity contribution in [3.05, 3.63) is 24.5 Å². The molecule has 0 spiro atoms. The molecule has 0 unspecified atom stereocenters. The van der Waals surface area contributed by atoms with Crippen molar-refractivity contribution in [1.29, 1.82) is 0 Å². The predicted octanol–water partition coefficient (Wildman–Crippen LogP) is 3.94. The van der Waals surface area contributed by atoms with Crippen LogP contribution >= 0.6 is 0 Å². The summed E-state index contributed by atoms with van der Waals surface area (Å²) in [7, 11) is 1.71. The quantitative estimate of drug-likeness (QED) is 0.335. The van der Waals surface area contributed by atoms with Gasteiger partial charge in [0.1, 0.15) is 11.9 Å². The summed E-state index contributed by atoms with van der Waals surface area (Å²) in [6, 6.07) is 0. The summed E-state index contributed by atoms with van der Waals surface area (Å²) >= 11 is 0. The number of nitrogens with one attached hydrogen (secondary N) is 1. The van der Waals surface area contributed by atoms with Gasteiger partial charge in [-0.25, -0.2) is 0 Å². The Labute approximate surface area is 136 Å². The summed E-state index contributed by atoms with van der Waals surface area (Å²) in [6.45, 7) is 20.0. The average Bonchev–Trinajstić information content (AvgIpc) is 2.37. The third kappa shape index (κ3) is 12.5. The molecule has 0 aliphatic carbocycles. The maximum atomic E-state index is 5.79. The van der Waals surface area contributed by atoms with Gasteiger partial charge in [0.15, 0.2) is 0 Å². The van der Waals surface area contributed by atoms with Crippen LogP contribution < -0.4 is 5.32 Å². The fourth-order valence-corrected chi connectivity index (χ4v) is 1.39. The molecule has 0 bridgehead atoms. The Bertz CT molecular complexity index is 398. The highest BCUT2D eigenvalue weighted by Gasteiger charge is 2.13. The van der Waals surface area contributed by atoms with Crippen molar-refractivity contribution >= 4 is 5.90 Å². The summed E-state index contributed by atoms with van der Waals surface area (Å²) in [5.41, 5.74) is 0.189. The van der Waals surface area contributed by atoms with Crippen molar-refractivity contribution < 1.29 is 9.47 Å². The molecular formula is C18H34N2O2. The Balaban J connectivity index is 4.31. The van der Waals surface area contributed by atoms with E-state index < -0.39 is 0 Å². The SMILES string of the molecule is C=C(/C=C\C(=NC)O[C@H](C)CNC(C)(C)C)OCC(C)(C)C. The van der Waals surface area contributed by atoms with Crippen LogP contribution in [0.15, 0.2) is 29.5 Å².